The van der Waals surface area contributed by atoms with Crippen molar-refractivity contribution in [3.05, 3.63) is 11.6 Å². The van der Waals surface area contributed by atoms with Crippen molar-refractivity contribution in [2.24, 2.45) is 0 Å². The number of hydrogen-bond acceptors (Lipinski definition) is 3. The fraction of sp³-hybridized carbons (Fsp3) is 0.583. The zero-order chi connectivity index (χ0) is 14.3. The zero-order valence-corrected chi connectivity index (χ0v) is 11.1. The van der Waals surface area contributed by atoms with Crippen molar-refractivity contribution in [2.45, 2.75) is 46.2 Å². The first-order valence-electron chi connectivity index (χ1n) is 5.76. The Hall–Kier alpha value is -1.85. The van der Waals surface area contributed by atoms with Gasteiger partial charge in [-0.25, -0.2) is 4.79 Å². The monoisotopic (exact) mass is 256 g/mol. The van der Waals surface area contributed by atoms with Crippen molar-refractivity contribution >= 4 is 17.8 Å². The summed E-state index contributed by atoms with van der Waals surface area (Å²) in [6.45, 7) is 7.07. The molecule has 102 valence electrons. The van der Waals surface area contributed by atoms with E-state index in [2.05, 4.69) is 10.6 Å². The average Bonchev–Trinajstić information content (AvgIpc) is 2.13. The Morgan fingerprint density at radius 2 is 1.56 bits per heavy atom. The zero-order valence-electron chi connectivity index (χ0n) is 11.1. The smallest absolute Gasteiger partial charge is 0.332 e. The molecule has 2 amide bonds. The van der Waals surface area contributed by atoms with Gasteiger partial charge in [0, 0.05) is 18.2 Å². The number of rotatable bonds is 6. The lowest BCUT2D eigenvalue weighted by Gasteiger charge is -2.09. The van der Waals surface area contributed by atoms with Crippen LogP contribution in [0.5, 0.6) is 0 Å². The van der Waals surface area contributed by atoms with Crippen molar-refractivity contribution < 1.29 is 19.5 Å². The molecule has 6 heteroatoms. The second kappa shape index (κ2) is 7.47. The van der Waals surface area contributed by atoms with Gasteiger partial charge >= 0.3 is 5.97 Å². The van der Waals surface area contributed by atoms with Gasteiger partial charge in [0.1, 0.15) is 0 Å². The number of carboxylic acids is 1. The van der Waals surface area contributed by atoms with E-state index < -0.39 is 17.8 Å². The largest absolute Gasteiger partial charge is 0.478 e. The summed E-state index contributed by atoms with van der Waals surface area (Å²) in [7, 11) is 0. The third-order valence-corrected chi connectivity index (χ3v) is 1.81. The summed E-state index contributed by atoms with van der Waals surface area (Å²) in [6.07, 6.45) is 0.626. The highest BCUT2D eigenvalue weighted by atomic mass is 16.4. The molecule has 0 unspecified atom stereocenters. The van der Waals surface area contributed by atoms with Gasteiger partial charge in [-0.15, -0.1) is 0 Å². The second-order valence-corrected chi connectivity index (χ2v) is 4.54. The topological polar surface area (TPSA) is 95.5 Å². The molecule has 6 nitrogen and oxygen atoms in total. The summed E-state index contributed by atoms with van der Waals surface area (Å²) < 4.78 is 0. The van der Waals surface area contributed by atoms with Crippen LogP contribution in [0.25, 0.3) is 0 Å². The molecule has 0 spiro atoms. The maximum atomic E-state index is 11.4. The minimum Gasteiger partial charge on any atom is -0.478 e. The van der Waals surface area contributed by atoms with E-state index in [-0.39, 0.29) is 24.1 Å². The first-order valence-corrected chi connectivity index (χ1v) is 5.76. The van der Waals surface area contributed by atoms with Crippen LogP contribution in [0.3, 0.4) is 0 Å². The molecule has 0 rings (SSSR count). The minimum atomic E-state index is -1.27. The Labute approximate surface area is 106 Å². The van der Waals surface area contributed by atoms with Crippen LogP contribution in [0.1, 0.15) is 34.1 Å². The fourth-order valence-electron chi connectivity index (χ4n) is 1.22. The highest BCUT2D eigenvalue weighted by Crippen LogP contribution is 2.02. The molecule has 0 aromatic rings. The number of carboxylic acid groups (broad SMARTS) is 1. The van der Waals surface area contributed by atoms with Gasteiger partial charge in [0.2, 0.25) is 11.8 Å². The molecule has 0 aliphatic heterocycles. The molecule has 0 fully saturated rings. The van der Waals surface area contributed by atoms with Gasteiger partial charge in [-0.1, -0.05) is 0 Å². The molecule has 3 N–H and O–H groups in total. The highest BCUT2D eigenvalue weighted by Gasteiger charge is 2.15. The summed E-state index contributed by atoms with van der Waals surface area (Å²) in [6, 6.07) is -0.162. The summed E-state index contributed by atoms with van der Waals surface area (Å²) in [5, 5.41) is 14.0. The van der Waals surface area contributed by atoms with Gasteiger partial charge in [0.25, 0.3) is 0 Å². The van der Waals surface area contributed by atoms with Crippen molar-refractivity contribution in [1.82, 2.24) is 10.6 Å². The molecule has 0 saturated carbocycles. The van der Waals surface area contributed by atoms with Crippen LogP contribution in [-0.4, -0.2) is 35.0 Å². The van der Waals surface area contributed by atoms with E-state index in [1.807, 2.05) is 0 Å². The van der Waals surface area contributed by atoms with Gasteiger partial charge < -0.3 is 15.7 Å². The quantitative estimate of drug-likeness (QED) is 0.601. The van der Waals surface area contributed by atoms with E-state index in [0.29, 0.717) is 0 Å². The van der Waals surface area contributed by atoms with Gasteiger partial charge in [-0.3, -0.25) is 9.59 Å². The van der Waals surface area contributed by atoms with E-state index in [9.17, 15) is 14.4 Å². The molecule has 0 aliphatic carbocycles. The van der Waals surface area contributed by atoms with Gasteiger partial charge in [0.05, 0.1) is 12.0 Å². The summed E-state index contributed by atoms with van der Waals surface area (Å²) in [4.78, 5) is 33.7. The van der Waals surface area contributed by atoms with E-state index in [0.717, 1.165) is 6.08 Å². The standard InChI is InChI=1S/C12H20N2O4/c1-7(2)13-10(15)5-9(12(17)18)6-11(16)14-8(3)4/h5,7-8H,6H2,1-4H3,(H,13,15)(H,14,16)(H,17,18)/b9-5-. The number of nitrogens with one attached hydrogen (secondary N) is 2. The van der Waals surface area contributed by atoms with Crippen LogP contribution in [0.4, 0.5) is 0 Å². The fourth-order valence-corrected chi connectivity index (χ4v) is 1.22. The lowest BCUT2D eigenvalue weighted by molar-refractivity contribution is -0.134. The molecule has 0 aromatic heterocycles. The number of carbonyl (C=O) groups excluding carboxylic acids is 2. The third-order valence-electron chi connectivity index (χ3n) is 1.81. The van der Waals surface area contributed by atoms with Crippen LogP contribution < -0.4 is 10.6 Å². The van der Waals surface area contributed by atoms with Gasteiger partial charge in [0.15, 0.2) is 0 Å². The second-order valence-electron chi connectivity index (χ2n) is 4.54. The molecule has 0 heterocycles. The summed E-state index contributed by atoms with van der Waals surface area (Å²) in [5.74, 6) is -2.21. The predicted octanol–water partition coefficient (Wildman–Crippen LogP) is 0.437. The van der Waals surface area contributed by atoms with Crippen LogP contribution in [-0.2, 0) is 14.4 Å². The van der Waals surface area contributed by atoms with Crippen molar-refractivity contribution in [2.75, 3.05) is 0 Å². The average molecular weight is 256 g/mol. The van der Waals surface area contributed by atoms with Crippen LogP contribution in [0.15, 0.2) is 11.6 Å². The molecule has 0 radical (unpaired) electrons. The molecule has 18 heavy (non-hydrogen) atoms. The van der Waals surface area contributed by atoms with Gasteiger partial charge in [-0.05, 0) is 27.7 Å². The SMILES string of the molecule is CC(C)NC(=O)/C=C(/CC(=O)NC(C)C)C(=O)O. The van der Waals surface area contributed by atoms with E-state index >= 15 is 0 Å². The lowest BCUT2D eigenvalue weighted by Crippen LogP contribution is -2.32. The maximum absolute atomic E-state index is 11.4. The number of hydrogen-bond donors (Lipinski definition) is 3. The minimum absolute atomic E-state index is 0.0722. The predicted molar refractivity (Wildman–Crippen MR) is 66.9 cm³/mol. The molecular formula is C12H20N2O4. The summed E-state index contributed by atoms with van der Waals surface area (Å²) >= 11 is 0. The number of amides is 2. The molecule has 0 aliphatic rings. The molecule has 0 bridgehead atoms. The first kappa shape index (κ1) is 16.1. The Balaban J connectivity index is 4.67. The van der Waals surface area contributed by atoms with Crippen LogP contribution in [0, 0.1) is 0 Å². The Bertz CT molecular complexity index is 359. The Kier molecular flexibility index (Phi) is 6.70. The molecule has 0 saturated heterocycles. The molecule has 0 atom stereocenters. The molecule has 0 aromatic carbocycles. The maximum Gasteiger partial charge on any atom is 0.332 e. The lowest BCUT2D eigenvalue weighted by atomic mass is 10.1. The summed E-state index contributed by atoms with van der Waals surface area (Å²) in [5.41, 5.74) is -0.230. The van der Waals surface area contributed by atoms with Crippen molar-refractivity contribution in [1.29, 1.82) is 0 Å². The molecular weight excluding hydrogens is 236 g/mol. The number of aliphatic carboxylic acids is 1. The van der Waals surface area contributed by atoms with Crippen LogP contribution in [0.2, 0.25) is 0 Å². The van der Waals surface area contributed by atoms with E-state index in [1.54, 1.807) is 27.7 Å². The third kappa shape index (κ3) is 7.43. The van der Waals surface area contributed by atoms with Crippen molar-refractivity contribution in [3.63, 3.8) is 0 Å². The highest BCUT2D eigenvalue weighted by molar-refractivity contribution is 6.01. The Morgan fingerprint density at radius 1 is 1.06 bits per heavy atom. The number of carbonyl (C=O) groups is 3. The van der Waals surface area contributed by atoms with E-state index in [4.69, 9.17) is 5.11 Å². The van der Waals surface area contributed by atoms with Crippen molar-refractivity contribution in [3.8, 4) is 0 Å². The first-order chi connectivity index (χ1) is 8.22. The Morgan fingerprint density at radius 3 is 1.94 bits per heavy atom. The van der Waals surface area contributed by atoms with Crippen LogP contribution >= 0.6 is 0 Å². The van der Waals surface area contributed by atoms with E-state index in [1.165, 1.54) is 0 Å². The normalized spacial score (nSPS) is 11.6. The van der Waals surface area contributed by atoms with Gasteiger partial charge in [-0.2, -0.15) is 0 Å².